The van der Waals surface area contributed by atoms with Crippen LogP contribution < -0.4 is 5.32 Å². The van der Waals surface area contributed by atoms with Gasteiger partial charge in [0.15, 0.2) is 0 Å². The Labute approximate surface area is 121 Å². The van der Waals surface area contributed by atoms with E-state index in [1.165, 1.54) is 32.1 Å². The minimum atomic E-state index is -0.0274. The summed E-state index contributed by atoms with van der Waals surface area (Å²) >= 11 is 0. The van der Waals surface area contributed by atoms with Gasteiger partial charge in [-0.15, -0.1) is 0 Å². The van der Waals surface area contributed by atoms with E-state index in [-0.39, 0.29) is 5.82 Å². The predicted octanol–water partition coefficient (Wildman–Crippen LogP) is 3.63. The number of benzene rings is 1. The summed E-state index contributed by atoms with van der Waals surface area (Å²) < 4.78 is 14.3. The van der Waals surface area contributed by atoms with Gasteiger partial charge in [-0.3, -0.25) is 4.90 Å². The van der Waals surface area contributed by atoms with E-state index in [9.17, 15) is 4.39 Å². The molecule has 0 radical (unpaired) electrons. The van der Waals surface area contributed by atoms with Gasteiger partial charge < -0.3 is 5.32 Å². The van der Waals surface area contributed by atoms with Crippen molar-refractivity contribution >= 4 is 0 Å². The lowest BCUT2D eigenvalue weighted by molar-refractivity contribution is 0.218. The van der Waals surface area contributed by atoms with E-state index < -0.39 is 0 Å². The summed E-state index contributed by atoms with van der Waals surface area (Å²) in [5, 5.41) is 3.49. The van der Waals surface area contributed by atoms with Gasteiger partial charge in [0.05, 0.1) is 0 Å². The first-order valence-electron chi connectivity index (χ1n) is 8.07. The van der Waals surface area contributed by atoms with Gasteiger partial charge in [-0.25, -0.2) is 4.39 Å². The quantitative estimate of drug-likeness (QED) is 0.907. The number of nitrogens with zero attached hydrogens (tertiary/aromatic N) is 1. The second-order valence-corrected chi connectivity index (χ2v) is 6.19. The van der Waals surface area contributed by atoms with E-state index in [2.05, 4.69) is 16.3 Å². The smallest absolute Gasteiger partial charge is 0.128 e. The van der Waals surface area contributed by atoms with Crippen molar-refractivity contribution in [3.8, 4) is 0 Å². The predicted molar refractivity (Wildman–Crippen MR) is 80.1 cm³/mol. The lowest BCUT2D eigenvalue weighted by Crippen LogP contribution is -2.29. The van der Waals surface area contributed by atoms with Crippen LogP contribution >= 0.6 is 0 Å². The molecule has 3 rings (SSSR count). The van der Waals surface area contributed by atoms with Crippen molar-refractivity contribution in [2.75, 3.05) is 19.6 Å². The fourth-order valence-electron chi connectivity index (χ4n) is 3.40. The highest BCUT2D eigenvalue weighted by Crippen LogP contribution is 2.25. The Kier molecular flexibility index (Phi) is 4.69. The number of piperidine rings is 2. The molecule has 0 amide bonds. The number of nitrogens with one attached hydrogen (secondary N) is 1. The molecule has 1 aromatic carbocycles. The summed E-state index contributed by atoms with van der Waals surface area (Å²) in [6.07, 6.45) is 7.45. The zero-order chi connectivity index (χ0) is 13.8. The van der Waals surface area contributed by atoms with Crippen LogP contribution in [-0.2, 0) is 6.54 Å². The Hall–Kier alpha value is -0.930. The summed E-state index contributed by atoms with van der Waals surface area (Å²) in [6, 6.07) is 6.21. The molecule has 0 bridgehead atoms. The topological polar surface area (TPSA) is 15.3 Å². The van der Waals surface area contributed by atoms with Crippen LogP contribution in [0.3, 0.4) is 0 Å². The molecule has 3 heteroatoms. The maximum atomic E-state index is 14.3. The minimum absolute atomic E-state index is 0.0274. The van der Waals surface area contributed by atoms with Crippen molar-refractivity contribution in [1.29, 1.82) is 0 Å². The molecule has 2 aliphatic rings. The summed E-state index contributed by atoms with van der Waals surface area (Å²) in [5.74, 6) is -0.0274. The third-order valence-corrected chi connectivity index (χ3v) is 4.63. The van der Waals surface area contributed by atoms with E-state index in [1.807, 2.05) is 6.07 Å². The first kappa shape index (κ1) is 14.0. The molecule has 0 aliphatic carbocycles. The molecule has 1 atom stereocenters. The molecule has 2 aliphatic heterocycles. The summed E-state index contributed by atoms with van der Waals surface area (Å²) in [7, 11) is 0. The van der Waals surface area contributed by atoms with Gasteiger partial charge in [0.25, 0.3) is 0 Å². The number of hydrogen-bond donors (Lipinski definition) is 1. The number of rotatable bonds is 3. The zero-order valence-electron chi connectivity index (χ0n) is 12.2. The van der Waals surface area contributed by atoms with Crippen LogP contribution in [-0.4, -0.2) is 24.5 Å². The van der Waals surface area contributed by atoms with Crippen molar-refractivity contribution < 1.29 is 4.39 Å². The Morgan fingerprint density at radius 1 is 1.10 bits per heavy atom. The largest absolute Gasteiger partial charge is 0.310 e. The number of hydrogen-bond acceptors (Lipinski definition) is 2. The van der Waals surface area contributed by atoms with Gasteiger partial charge in [-0.2, -0.15) is 0 Å². The first-order chi connectivity index (χ1) is 9.83. The zero-order valence-corrected chi connectivity index (χ0v) is 12.2. The fraction of sp³-hybridized carbons (Fsp3) is 0.647. The average Bonchev–Trinajstić information content (AvgIpc) is 2.51. The third kappa shape index (κ3) is 3.39. The molecule has 2 heterocycles. The highest BCUT2D eigenvalue weighted by molar-refractivity contribution is 5.27. The van der Waals surface area contributed by atoms with E-state index in [4.69, 9.17) is 0 Å². The summed E-state index contributed by atoms with van der Waals surface area (Å²) in [6.45, 7) is 4.06. The van der Waals surface area contributed by atoms with Crippen LogP contribution in [0.25, 0.3) is 0 Å². The third-order valence-electron chi connectivity index (χ3n) is 4.63. The highest BCUT2D eigenvalue weighted by Gasteiger charge is 2.17. The molecule has 1 N–H and O–H groups in total. The first-order valence-corrected chi connectivity index (χ1v) is 8.07. The SMILES string of the molecule is Fc1cc(C2CCCCN2)ccc1CN1CCCCC1. The average molecular weight is 276 g/mol. The molecule has 1 unspecified atom stereocenters. The van der Waals surface area contributed by atoms with Crippen LogP contribution in [0.5, 0.6) is 0 Å². The Bertz CT molecular complexity index is 435. The molecular weight excluding hydrogens is 251 g/mol. The fourth-order valence-corrected chi connectivity index (χ4v) is 3.40. The van der Waals surface area contributed by atoms with E-state index in [1.54, 1.807) is 6.07 Å². The molecule has 2 fully saturated rings. The van der Waals surface area contributed by atoms with Crippen molar-refractivity contribution in [1.82, 2.24) is 10.2 Å². The Morgan fingerprint density at radius 2 is 1.95 bits per heavy atom. The van der Waals surface area contributed by atoms with Gasteiger partial charge in [-0.1, -0.05) is 25.0 Å². The lowest BCUT2D eigenvalue weighted by Gasteiger charge is -2.27. The van der Waals surface area contributed by atoms with Crippen LogP contribution in [0.4, 0.5) is 4.39 Å². The normalized spacial score (nSPS) is 24.8. The maximum Gasteiger partial charge on any atom is 0.128 e. The lowest BCUT2D eigenvalue weighted by atomic mass is 9.96. The van der Waals surface area contributed by atoms with Gasteiger partial charge in [-0.05, 0) is 56.9 Å². The Balaban J connectivity index is 1.66. The number of halogens is 1. The van der Waals surface area contributed by atoms with Gasteiger partial charge >= 0.3 is 0 Å². The van der Waals surface area contributed by atoms with E-state index >= 15 is 0 Å². The van der Waals surface area contributed by atoms with Crippen LogP contribution in [0.1, 0.15) is 55.7 Å². The van der Waals surface area contributed by atoms with Crippen LogP contribution in [0.15, 0.2) is 18.2 Å². The molecule has 2 nitrogen and oxygen atoms in total. The second kappa shape index (κ2) is 6.68. The van der Waals surface area contributed by atoms with Gasteiger partial charge in [0.1, 0.15) is 5.82 Å². The minimum Gasteiger partial charge on any atom is -0.310 e. The molecule has 0 aromatic heterocycles. The van der Waals surface area contributed by atoms with Crippen molar-refractivity contribution in [3.05, 3.63) is 35.1 Å². The molecule has 0 saturated carbocycles. The van der Waals surface area contributed by atoms with Crippen LogP contribution in [0.2, 0.25) is 0 Å². The van der Waals surface area contributed by atoms with E-state index in [0.717, 1.165) is 43.7 Å². The van der Waals surface area contributed by atoms with Gasteiger partial charge in [0.2, 0.25) is 0 Å². The maximum absolute atomic E-state index is 14.3. The molecule has 20 heavy (non-hydrogen) atoms. The van der Waals surface area contributed by atoms with E-state index in [0.29, 0.717) is 6.04 Å². The molecule has 2 saturated heterocycles. The standard InChI is InChI=1S/C17H25FN2/c18-16-12-14(17-6-2-3-9-19-17)7-8-15(16)13-20-10-4-1-5-11-20/h7-8,12,17,19H,1-6,9-11,13H2. The highest BCUT2D eigenvalue weighted by atomic mass is 19.1. The number of likely N-dealkylation sites (tertiary alicyclic amines) is 1. The molecule has 1 aromatic rings. The second-order valence-electron chi connectivity index (χ2n) is 6.19. The van der Waals surface area contributed by atoms with Crippen molar-refractivity contribution in [3.63, 3.8) is 0 Å². The monoisotopic (exact) mass is 276 g/mol. The van der Waals surface area contributed by atoms with Gasteiger partial charge in [0, 0.05) is 18.2 Å². The van der Waals surface area contributed by atoms with Crippen molar-refractivity contribution in [2.24, 2.45) is 0 Å². The Morgan fingerprint density at radius 3 is 2.65 bits per heavy atom. The summed E-state index contributed by atoms with van der Waals surface area (Å²) in [4.78, 5) is 2.38. The molecule has 0 spiro atoms. The summed E-state index contributed by atoms with van der Waals surface area (Å²) in [5.41, 5.74) is 1.97. The molecule has 110 valence electrons. The molecular formula is C17H25FN2. The van der Waals surface area contributed by atoms with Crippen LogP contribution in [0, 0.1) is 5.82 Å². The van der Waals surface area contributed by atoms with Crippen molar-refractivity contribution in [2.45, 2.75) is 51.1 Å².